The van der Waals surface area contributed by atoms with Gasteiger partial charge in [0.25, 0.3) is 9.70 Å². The van der Waals surface area contributed by atoms with Crippen molar-refractivity contribution >= 4 is 40.7 Å². The minimum Gasteiger partial charge on any atom is -0.349 e. The highest BCUT2D eigenvalue weighted by Crippen LogP contribution is 2.37. The first-order chi connectivity index (χ1) is 12.7. The van der Waals surface area contributed by atoms with Crippen molar-refractivity contribution < 1.29 is 23.7 Å². The number of halogens is 3. The Kier molecular flexibility index (Phi) is 9.10. The first-order valence-electron chi connectivity index (χ1n) is 9.21. The standard InChI is InChI=1S/C19H32Cl3NO5/c1-13(2)8-10-16(3,23-15(24)19(20,21)22)11-9-14-12-27-17(4,25-6)18(5,26-7)28-14/h9,11,13-14H,8,10,12H2,1-7H3,(H,23,24)/b11-9+/t14-,16-,17-,18-/m1/s1. The van der Waals surface area contributed by atoms with E-state index in [0.717, 1.165) is 6.42 Å². The molecule has 1 aliphatic rings. The normalized spacial score (nSPS) is 31.2. The average molecular weight is 461 g/mol. The van der Waals surface area contributed by atoms with Crippen LogP contribution in [-0.2, 0) is 23.7 Å². The number of amides is 1. The Bertz CT molecular complexity index is 568. The van der Waals surface area contributed by atoms with Crippen LogP contribution in [0.5, 0.6) is 0 Å². The van der Waals surface area contributed by atoms with Gasteiger partial charge in [0, 0.05) is 14.2 Å². The van der Waals surface area contributed by atoms with Crippen molar-refractivity contribution in [2.24, 2.45) is 5.92 Å². The van der Waals surface area contributed by atoms with Crippen molar-refractivity contribution in [3.63, 3.8) is 0 Å². The molecular weight excluding hydrogens is 429 g/mol. The van der Waals surface area contributed by atoms with Crippen LogP contribution in [0.3, 0.4) is 0 Å². The summed E-state index contributed by atoms with van der Waals surface area (Å²) in [6.45, 7) is 9.85. The first-order valence-corrected chi connectivity index (χ1v) is 10.3. The highest BCUT2D eigenvalue weighted by Gasteiger charge is 2.53. The van der Waals surface area contributed by atoms with Crippen molar-refractivity contribution in [2.75, 3.05) is 20.8 Å². The van der Waals surface area contributed by atoms with Gasteiger partial charge in [-0.25, -0.2) is 0 Å². The fourth-order valence-electron chi connectivity index (χ4n) is 2.80. The zero-order chi connectivity index (χ0) is 21.8. The van der Waals surface area contributed by atoms with Crippen LogP contribution in [0.25, 0.3) is 0 Å². The number of carbonyl (C=O) groups excluding carboxylic acids is 1. The van der Waals surface area contributed by atoms with Gasteiger partial charge in [0.1, 0.15) is 6.10 Å². The third-order valence-electron chi connectivity index (χ3n) is 5.08. The number of carbonyl (C=O) groups is 1. The molecule has 0 saturated carbocycles. The fraction of sp³-hybridized carbons (Fsp3) is 0.842. The minimum absolute atomic E-state index is 0.262. The van der Waals surface area contributed by atoms with Crippen LogP contribution in [0.4, 0.5) is 0 Å². The van der Waals surface area contributed by atoms with Crippen molar-refractivity contribution in [3.8, 4) is 0 Å². The van der Waals surface area contributed by atoms with Gasteiger partial charge >= 0.3 is 0 Å². The van der Waals surface area contributed by atoms with Crippen LogP contribution < -0.4 is 5.32 Å². The molecule has 1 saturated heterocycles. The van der Waals surface area contributed by atoms with E-state index in [0.29, 0.717) is 12.3 Å². The second-order valence-electron chi connectivity index (χ2n) is 7.93. The molecule has 0 radical (unpaired) electrons. The minimum atomic E-state index is -2.04. The summed E-state index contributed by atoms with van der Waals surface area (Å²) in [5.74, 6) is -2.38. The summed E-state index contributed by atoms with van der Waals surface area (Å²) in [4.78, 5) is 12.2. The summed E-state index contributed by atoms with van der Waals surface area (Å²) < 4.78 is 20.8. The fourth-order valence-corrected chi connectivity index (χ4v) is 2.94. The lowest BCUT2D eigenvalue weighted by atomic mass is 9.90. The lowest BCUT2D eigenvalue weighted by Crippen LogP contribution is -2.62. The van der Waals surface area contributed by atoms with E-state index >= 15 is 0 Å². The SMILES string of the molecule is CO[C@]1(C)OC[C@@H](/C=C/[C@@](C)(CCC(C)C)NC(=O)C(Cl)(Cl)Cl)O[C@@]1(C)OC. The summed E-state index contributed by atoms with van der Waals surface area (Å²) in [7, 11) is 3.06. The maximum atomic E-state index is 12.2. The maximum absolute atomic E-state index is 12.2. The van der Waals surface area contributed by atoms with Gasteiger partial charge in [-0.2, -0.15) is 0 Å². The summed E-state index contributed by atoms with van der Waals surface area (Å²) in [5.41, 5.74) is -0.722. The van der Waals surface area contributed by atoms with Gasteiger partial charge in [-0.3, -0.25) is 4.79 Å². The molecule has 1 amide bonds. The molecule has 0 aromatic rings. The first kappa shape index (κ1) is 26.0. The van der Waals surface area contributed by atoms with Crippen LogP contribution >= 0.6 is 34.8 Å². The van der Waals surface area contributed by atoms with Gasteiger partial charge in [-0.15, -0.1) is 0 Å². The number of nitrogens with one attached hydrogen (secondary N) is 1. The predicted molar refractivity (Wildman–Crippen MR) is 112 cm³/mol. The molecule has 28 heavy (non-hydrogen) atoms. The second-order valence-corrected chi connectivity index (χ2v) is 10.2. The molecule has 0 spiro atoms. The zero-order valence-electron chi connectivity index (χ0n) is 17.6. The van der Waals surface area contributed by atoms with Crippen LogP contribution in [-0.4, -0.2) is 53.7 Å². The quantitative estimate of drug-likeness (QED) is 0.430. The molecule has 1 rings (SSSR count). The Balaban J connectivity index is 2.98. The van der Waals surface area contributed by atoms with E-state index in [9.17, 15) is 4.79 Å². The molecule has 0 aromatic heterocycles. The van der Waals surface area contributed by atoms with Crippen molar-refractivity contribution in [3.05, 3.63) is 12.2 Å². The Hall–Kier alpha value is -0.0800. The smallest absolute Gasteiger partial charge is 0.272 e. The summed E-state index contributed by atoms with van der Waals surface area (Å²) in [5, 5.41) is 2.82. The van der Waals surface area contributed by atoms with E-state index in [4.69, 9.17) is 53.8 Å². The summed E-state index contributed by atoms with van der Waals surface area (Å²) in [6.07, 6.45) is 4.81. The van der Waals surface area contributed by atoms with Gasteiger partial charge in [-0.1, -0.05) is 60.8 Å². The van der Waals surface area contributed by atoms with Crippen molar-refractivity contribution in [1.82, 2.24) is 5.32 Å². The lowest BCUT2D eigenvalue weighted by Gasteiger charge is -2.48. The van der Waals surface area contributed by atoms with Crippen molar-refractivity contribution in [2.45, 2.75) is 74.5 Å². The van der Waals surface area contributed by atoms with E-state index in [2.05, 4.69) is 19.2 Å². The van der Waals surface area contributed by atoms with Gasteiger partial charge in [0.2, 0.25) is 11.6 Å². The molecule has 1 N–H and O–H groups in total. The van der Waals surface area contributed by atoms with Gasteiger partial charge < -0.3 is 24.3 Å². The molecule has 1 aliphatic heterocycles. The average Bonchev–Trinajstić information content (AvgIpc) is 2.60. The third kappa shape index (κ3) is 6.73. The van der Waals surface area contributed by atoms with Crippen LogP contribution in [0.15, 0.2) is 12.2 Å². The van der Waals surface area contributed by atoms with E-state index in [1.807, 2.05) is 19.1 Å². The van der Waals surface area contributed by atoms with E-state index in [1.165, 1.54) is 14.2 Å². The number of alkyl halides is 3. The molecular formula is C19H32Cl3NO5. The number of hydrogen-bond acceptors (Lipinski definition) is 5. The molecule has 4 atom stereocenters. The third-order valence-corrected chi connectivity index (χ3v) is 5.59. The Morgan fingerprint density at radius 2 is 1.82 bits per heavy atom. The van der Waals surface area contributed by atoms with E-state index in [-0.39, 0.29) is 6.61 Å². The number of methoxy groups -OCH3 is 2. The molecule has 1 fully saturated rings. The molecule has 9 heteroatoms. The predicted octanol–water partition coefficient (Wildman–Crippen LogP) is 4.36. The molecule has 6 nitrogen and oxygen atoms in total. The number of hydrogen-bond donors (Lipinski definition) is 1. The summed E-state index contributed by atoms with van der Waals surface area (Å²) in [6, 6.07) is 0. The number of rotatable bonds is 8. The van der Waals surface area contributed by atoms with Gasteiger partial charge in [0.15, 0.2) is 0 Å². The van der Waals surface area contributed by atoms with Crippen LogP contribution in [0, 0.1) is 5.92 Å². The van der Waals surface area contributed by atoms with E-state index < -0.39 is 32.9 Å². The van der Waals surface area contributed by atoms with Gasteiger partial charge in [0.05, 0.1) is 12.1 Å². The van der Waals surface area contributed by atoms with Crippen molar-refractivity contribution in [1.29, 1.82) is 0 Å². The monoisotopic (exact) mass is 459 g/mol. The Morgan fingerprint density at radius 1 is 1.25 bits per heavy atom. The largest absolute Gasteiger partial charge is 0.349 e. The Morgan fingerprint density at radius 3 is 2.29 bits per heavy atom. The lowest BCUT2D eigenvalue weighted by molar-refractivity contribution is -0.425. The molecule has 164 valence electrons. The highest BCUT2D eigenvalue weighted by molar-refractivity contribution is 6.76. The highest BCUT2D eigenvalue weighted by atomic mass is 35.6. The van der Waals surface area contributed by atoms with E-state index in [1.54, 1.807) is 13.8 Å². The maximum Gasteiger partial charge on any atom is 0.272 e. The molecule has 0 unspecified atom stereocenters. The zero-order valence-corrected chi connectivity index (χ0v) is 19.9. The van der Waals surface area contributed by atoms with Crippen LogP contribution in [0.1, 0.15) is 47.5 Å². The molecule has 0 aromatic carbocycles. The number of ether oxygens (including phenoxy) is 4. The van der Waals surface area contributed by atoms with Crippen LogP contribution in [0.2, 0.25) is 0 Å². The Labute approximate surface area is 183 Å². The topological polar surface area (TPSA) is 66.0 Å². The second kappa shape index (κ2) is 9.82. The molecule has 0 aliphatic carbocycles. The molecule has 1 heterocycles. The summed E-state index contributed by atoms with van der Waals surface area (Å²) >= 11 is 17.2. The van der Waals surface area contributed by atoms with Gasteiger partial charge in [-0.05, 0) is 39.5 Å². The molecule has 0 bridgehead atoms.